The molecule has 0 saturated heterocycles. The number of amides is 1. The summed E-state index contributed by atoms with van der Waals surface area (Å²) >= 11 is 0. The molecule has 0 aliphatic heterocycles. The van der Waals surface area contributed by atoms with Crippen LogP contribution < -0.4 is 5.32 Å². The Morgan fingerprint density at radius 2 is 2.33 bits per heavy atom. The average Bonchev–Trinajstić information content (AvgIpc) is 2.85. The molecule has 2 rings (SSSR count). The number of carbonyl (C=O) groups excluding carboxylic acids is 1. The summed E-state index contributed by atoms with van der Waals surface area (Å²) in [6.45, 7) is 1.95. The van der Waals surface area contributed by atoms with Crippen molar-refractivity contribution in [2.24, 2.45) is 0 Å². The molecule has 2 N–H and O–H groups in total. The van der Waals surface area contributed by atoms with E-state index in [1.165, 1.54) is 0 Å². The Labute approximate surface area is 106 Å². The van der Waals surface area contributed by atoms with Crippen molar-refractivity contribution in [1.29, 1.82) is 5.26 Å². The SMILES string of the molecule is CCC(CC#N)NC(=O)c1ccc2cc[nH]c2c1. The van der Waals surface area contributed by atoms with Gasteiger partial charge in [-0.2, -0.15) is 5.26 Å². The quantitative estimate of drug-likeness (QED) is 0.863. The van der Waals surface area contributed by atoms with Crippen LogP contribution in [-0.2, 0) is 0 Å². The number of hydrogen-bond donors (Lipinski definition) is 2. The molecule has 1 unspecified atom stereocenters. The first-order chi connectivity index (χ1) is 8.74. The fraction of sp³-hybridized carbons (Fsp3) is 0.286. The number of rotatable bonds is 4. The maximum Gasteiger partial charge on any atom is 0.251 e. The average molecular weight is 241 g/mol. The lowest BCUT2D eigenvalue weighted by Crippen LogP contribution is -2.34. The lowest BCUT2D eigenvalue weighted by atomic mass is 10.1. The van der Waals surface area contributed by atoms with Crippen molar-refractivity contribution in [2.45, 2.75) is 25.8 Å². The number of aromatic nitrogens is 1. The van der Waals surface area contributed by atoms with Gasteiger partial charge in [-0.15, -0.1) is 0 Å². The van der Waals surface area contributed by atoms with Crippen LogP contribution in [0.3, 0.4) is 0 Å². The smallest absolute Gasteiger partial charge is 0.251 e. The summed E-state index contributed by atoms with van der Waals surface area (Å²) < 4.78 is 0. The van der Waals surface area contributed by atoms with E-state index in [0.29, 0.717) is 12.0 Å². The van der Waals surface area contributed by atoms with Gasteiger partial charge in [0.15, 0.2) is 0 Å². The third kappa shape index (κ3) is 2.51. The van der Waals surface area contributed by atoms with Gasteiger partial charge < -0.3 is 10.3 Å². The molecule has 0 spiro atoms. The highest BCUT2D eigenvalue weighted by Gasteiger charge is 2.12. The van der Waals surface area contributed by atoms with Gasteiger partial charge in [-0.25, -0.2) is 0 Å². The molecule has 4 nitrogen and oxygen atoms in total. The number of nitrogens with one attached hydrogen (secondary N) is 2. The molecule has 0 fully saturated rings. The zero-order chi connectivity index (χ0) is 13.0. The minimum absolute atomic E-state index is 0.0816. The largest absolute Gasteiger partial charge is 0.361 e. The summed E-state index contributed by atoms with van der Waals surface area (Å²) in [6.07, 6.45) is 2.94. The van der Waals surface area contributed by atoms with Crippen LogP contribution in [0.15, 0.2) is 30.5 Å². The summed E-state index contributed by atoms with van der Waals surface area (Å²) in [7, 11) is 0. The number of aromatic amines is 1. The van der Waals surface area contributed by atoms with Gasteiger partial charge in [-0.1, -0.05) is 13.0 Å². The Morgan fingerprint density at radius 1 is 1.50 bits per heavy atom. The van der Waals surface area contributed by atoms with E-state index in [2.05, 4.69) is 16.4 Å². The van der Waals surface area contributed by atoms with E-state index in [1.54, 1.807) is 6.07 Å². The molecule has 2 aromatic rings. The van der Waals surface area contributed by atoms with Gasteiger partial charge in [-0.3, -0.25) is 4.79 Å². The number of hydrogen-bond acceptors (Lipinski definition) is 2. The molecule has 18 heavy (non-hydrogen) atoms. The number of H-pyrrole nitrogens is 1. The van der Waals surface area contributed by atoms with Crippen molar-refractivity contribution < 1.29 is 4.79 Å². The van der Waals surface area contributed by atoms with Gasteiger partial charge in [0.05, 0.1) is 12.5 Å². The normalized spacial score (nSPS) is 12.0. The zero-order valence-electron chi connectivity index (χ0n) is 10.2. The van der Waals surface area contributed by atoms with Gasteiger partial charge in [0, 0.05) is 23.3 Å². The molecule has 1 aromatic carbocycles. The lowest BCUT2D eigenvalue weighted by molar-refractivity contribution is 0.0937. The molecular formula is C14H15N3O. The summed E-state index contributed by atoms with van der Waals surface area (Å²) in [4.78, 5) is 15.1. The lowest BCUT2D eigenvalue weighted by Gasteiger charge is -2.13. The van der Waals surface area contributed by atoms with Crippen molar-refractivity contribution in [3.05, 3.63) is 36.0 Å². The zero-order valence-corrected chi connectivity index (χ0v) is 10.2. The third-order valence-electron chi connectivity index (χ3n) is 2.98. The number of nitrogens with zero attached hydrogens (tertiary/aromatic N) is 1. The fourth-order valence-electron chi connectivity index (χ4n) is 1.87. The second-order valence-electron chi connectivity index (χ2n) is 4.22. The molecule has 1 aromatic heterocycles. The molecular weight excluding hydrogens is 226 g/mol. The molecule has 0 bridgehead atoms. The molecule has 0 radical (unpaired) electrons. The Morgan fingerprint density at radius 3 is 3.06 bits per heavy atom. The predicted octanol–water partition coefficient (Wildman–Crippen LogP) is 2.59. The van der Waals surface area contributed by atoms with Crippen LogP contribution in [0.4, 0.5) is 0 Å². The Kier molecular flexibility index (Phi) is 3.63. The van der Waals surface area contributed by atoms with Crippen molar-refractivity contribution in [3.63, 3.8) is 0 Å². The van der Waals surface area contributed by atoms with E-state index in [4.69, 9.17) is 5.26 Å². The van der Waals surface area contributed by atoms with Crippen LogP contribution in [0.5, 0.6) is 0 Å². The topological polar surface area (TPSA) is 68.7 Å². The second-order valence-corrected chi connectivity index (χ2v) is 4.22. The molecule has 1 atom stereocenters. The van der Waals surface area contributed by atoms with E-state index in [0.717, 1.165) is 17.3 Å². The fourth-order valence-corrected chi connectivity index (χ4v) is 1.87. The van der Waals surface area contributed by atoms with Gasteiger partial charge in [0.2, 0.25) is 0 Å². The van der Waals surface area contributed by atoms with Gasteiger partial charge in [-0.05, 0) is 30.0 Å². The van der Waals surface area contributed by atoms with Gasteiger partial charge >= 0.3 is 0 Å². The van der Waals surface area contributed by atoms with Crippen LogP contribution in [-0.4, -0.2) is 16.9 Å². The van der Waals surface area contributed by atoms with E-state index in [-0.39, 0.29) is 11.9 Å². The van der Waals surface area contributed by atoms with Gasteiger partial charge in [0.25, 0.3) is 5.91 Å². The monoisotopic (exact) mass is 241 g/mol. The number of nitriles is 1. The third-order valence-corrected chi connectivity index (χ3v) is 2.98. The highest BCUT2D eigenvalue weighted by molar-refractivity contribution is 5.98. The van der Waals surface area contributed by atoms with Crippen molar-refractivity contribution in [3.8, 4) is 6.07 Å². The van der Waals surface area contributed by atoms with E-state index < -0.39 is 0 Å². The van der Waals surface area contributed by atoms with Crippen molar-refractivity contribution in [1.82, 2.24) is 10.3 Å². The number of carbonyl (C=O) groups is 1. The minimum Gasteiger partial charge on any atom is -0.361 e. The van der Waals surface area contributed by atoms with E-state index in [1.807, 2.05) is 31.3 Å². The molecule has 4 heteroatoms. The summed E-state index contributed by atoms with van der Waals surface area (Å²) in [5, 5.41) is 12.6. The van der Waals surface area contributed by atoms with Crippen molar-refractivity contribution >= 4 is 16.8 Å². The van der Waals surface area contributed by atoms with Gasteiger partial charge in [0.1, 0.15) is 0 Å². The standard InChI is InChI=1S/C14H15N3O/c1-2-12(5-7-15)17-14(18)11-4-3-10-6-8-16-13(10)9-11/h3-4,6,8-9,12,16H,2,5H2,1H3,(H,17,18). The number of fused-ring (bicyclic) bond motifs is 1. The van der Waals surface area contributed by atoms with Crippen molar-refractivity contribution in [2.75, 3.05) is 0 Å². The van der Waals surface area contributed by atoms with E-state index >= 15 is 0 Å². The number of benzene rings is 1. The Balaban J connectivity index is 2.15. The van der Waals surface area contributed by atoms with Crippen LogP contribution in [0, 0.1) is 11.3 Å². The molecule has 92 valence electrons. The Hall–Kier alpha value is -2.28. The summed E-state index contributed by atoms with van der Waals surface area (Å²) in [5.74, 6) is -0.131. The maximum atomic E-state index is 12.0. The molecule has 1 amide bonds. The molecule has 0 aliphatic carbocycles. The predicted molar refractivity (Wildman–Crippen MR) is 70.1 cm³/mol. The highest BCUT2D eigenvalue weighted by atomic mass is 16.1. The molecule has 0 aliphatic rings. The minimum atomic E-state index is -0.131. The van der Waals surface area contributed by atoms with Crippen LogP contribution in [0.1, 0.15) is 30.1 Å². The van der Waals surface area contributed by atoms with E-state index in [9.17, 15) is 4.79 Å². The molecule has 0 saturated carbocycles. The summed E-state index contributed by atoms with van der Waals surface area (Å²) in [6, 6.07) is 9.49. The molecule has 1 heterocycles. The van der Waals surface area contributed by atoms with Crippen LogP contribution in [0.25, 0.3) is 10.9 Å². The highest BCUT2D eigenvalue weighted by Crippen LogP contribution is 2.14. The van der Waals surface area contributed by atoms with Crippen LogP contribution >= 0.6 is 0 Å². The first-order valence-corrected chi connectivity index (χ1v) is 5.99. The van der Waals surface area contributed by atoms with Crippen LogP contribution in [0.2, 0.25) is 0 Å². The Bertz CT molecular complexity index is 594. The first kappa shape index (κ1) is 12.2. The first-order valence-electron chi connectivity index (χ1n) is 5.99. The maximum absolute atomic E-state index is 12.0. The summed E-state index contributed by atoms with van der Waals surface area (Å²) in [5.41, 5.74) is 1.55. The second kappa shape index (κ2) is 5.37.